The van der Waals surface area contributed by atoms with Crippen molar-refractivity contribution < 1.29 is 28.6 Å². The van der Waals surface area contributed by atoms with Crippen LogP contribution in [0.5, 0.6) is 0 Å². The van der Waals surface area contributed by atoms with Gasteiger partial charge < -0.3 is 14.2 Å². The van der Waals surface area contributed by atoms with E-state index in [0.717, 1.165) is 141 Å². The fraction of sp³-hybridized carbons (Fsp3) is 0.662. The van der Waals surface area contributed by atoms with Crippen LogP contribution < -0.4 is 0 Å². The molecule has 0 aromatic heterocycles. The lowest BCUT2D eigenvalue weighted by Gasteiger charge is -2.18. The van der Waals surface area contributed by atoms with E-state index in [1.165, 1.54) is 116 Å². The molecule has 0 saturated heterocycles. The maximum atomic E-state index is 12.9. The van der Waals surface area contributed by atoms with Crippen molar-refractivity contribution in [2.45, 2.75) is 303 Å². The average molecular weight is 1110 g/mol. The van der Waals surface area contributed by atoms with E-state index in [2.05, 4.69) is 154 Å². The molecular weight excluding hydrogens is 985 g/mol. The summed E-state index contributed by atoms with van der Waals surface area (Å²) in [5.74, 6) is -0.920. The molecule has 0 aromatic rings. The van der Waals surface area contributed by atoms with Gasteiger partial charge in [0.1, 0.15) is 13.2 Å². The summed E-state index contributed by atoms with van der Waals surface area (Å²) in [6, 6.07) is 0. The molecule has 0 rings (SSSR count). The molecule has 6 nitrogen and oxygen atoms in total. The van der Waals surface area contributed by atoms with Gasteiger partial charge in [-0.1, -0.05) is 289 Å². The number of carbonyl (C=O) groups is 3. The fourth-order valence-electron chi connectivity index (χ4n) is 8.94. The van der Waals surface area contributed by atoms with Crippen LogP contribution in [-0.2, 0) is 28.6 Å². The summed E-state index contributed by atoms with van der Waals surface area (Å²) in [5, 5.41) is 0. The lowest BCUT2D eigenvalue weighted by Crippen LogP contribution is -2.30. The van der Waals surface area contributed by atoms with E-state index < -0.39 is 6.10 Å². The Kier molecular flexibility index (Phi) is 63.3. The molecule has 0 aliphatic rings. The molecule has 0 bridgehead atoms. The van der Waals surface area contributed by atoms with Crippen LogP contribution in [0.4, 0.5) is 0 Å². The van der Waals surface area contributed by atoms with Gasteiger partial charge in [-0.25, -0.2) is 0 Å². The van der Waals surface area contributed by atoms with Crippen LogP contribution in [0.2, 0.25) is 0 Å². The van der Waals surface area contributed by atoms with Crippen LogP contribution in [0.3, 0.4) is 0 Å². The molecule has 0 spiro atoms. The smallest absolute Gasteiger partial charge is 0.306 e. The van der Waals surface area contributed by atoms with Gasteiger partial charge in [-0.3, -0.25) is 14.4 Å². The van der Waals surface area contributed by atoms with E-state index in [0.29, 0.717) is 19.3 Å². The Morgan fingerprint density at radius 2 is 0.487 bits per heavy atom. The monoisotopic (exact) mass is 1110 g/mol. The first kappa shape index (κ1) is 75.5. The molecule has 0 radical (unpaired) electrons. The van der Waals surface area contributed by atoms with Crippen molar-refractivity contribution in [3.8, 4) is 0 Å². The van der Waals surface area contributed by atoms with Gasteiger partial charge in [0, 0.05) is 19.3 Å². The number of esters is 3. The van der Waals surface area contributed by atoms with Crippen LogP contribution in [0.15, 0.2) is 134 Å². The number of hydrogen-bond acceptors (Lipinski definition) is 6. The van der Waals surface area contributed by atoms with E-state index in [9.17, 15) is 14.4 Å². The molecule has 454 valence electrons. The third kappa shape index (κ3) is 64.4. The highest BCUT2D eigenvalue weighted by molar-refractivity contribution is 5.71. The molecule has 0 N–H and O–H groups in total. The Bertz CT molecular complexity index is 1700. The lowest BCUT2D eigenvalue weighted by molar-refractivity contribution is -0.167. The van der Waals surface area contributed by atoms with Crippen LogP contribution in [0, 0.1) is 0 Å². The standard InChI is InChI=1S/C74H122O6/c1-4-7-10-13-16-19-22-25-27-28-29-30-31-32-33-34-35-36-37-38-39-40-41-42-43-44-45-46-48-49-52-55-58-61-64-67-73(76)79-70-71(69-78-72(75)66-63-60-57-54-51-24-21-18-15-12-9-6-3)80-74(77)68-65-62-59-56-53-50-47-26-23-20-17-14-11-8-5-2/h7,10,16,18-19,21,25,27,29-30,32-33,35-36,38-39,41-42,44-45,48-49,71H,4-6,8-9,11-15,17,20,22-24,26,28,31,34,37,40,43,46-47,50-70H2,1-3H3/b10-7-,19-16-,21-18-,27-25-,30-29-,33-32-,36-35-,39-38-,42-41-,45-44-,49-48-. The second-order valence-electron chi connectivity index (χ2n) is 21.6. The molecule has 6 heteroatoms. The third-order valence-electron chi connectivity index (χ3n) is 13.9. The summed E-state index contributed by atoms with van der Waals surface area (Å²) in [4.78, 5) is 38.2. The summed E-state index contributed by atoms with van der Waals surface area (Å²) in [7, 11) is 0. The quantitative estimate of drug-likeness (QED) is 0.0261. The first-order valence-electron chi connectivity index (χ1n) is 33.2. The molecule has 1 atom stereocenters. The molecule has 0 heterocycles. The molecule has 80 heavy (non-hydrogen) atoms. The molecule has 0 aliphatic carbocycles. The van der Waals surface area contributed by atoms with Crippen LogP contribution in [0.25, 0.3) is 0 Å². The highest BCUT2D eigenvalue weighted by atomic mass is 16.6. The van der Waals surface area contributed by atoms with E-state index in [-0.39, 0.29) is 31.1 Å². The first-order chi connectivity index (χ1) is 39.5. The predicted octanol–water partition coefficient (Wildman–Crippen LogP) is 22.9. The lowest BCUT2D eigenvalue weighted by atomic mass is 10.0. The van der Waals surface area contributed by atoms with Crippen molar-refractivity contribution >= 4 is 17.9 Å². The van der Waals surface area contributed by atoms with E-state index in [1.54, 1.807) is 0 Å². The average Bonchev–Trinajstić information content (AvgIpc) is 3.46. The van der Waals surface area contributed by atoms with Gasteiger partial charge in [-0.2, -0.15) is 0 Å². The van der Waals surface area contributed by atoms with Crippen molar-refractivity contribution in [1.82, 2.24) is 0 Å². The highest BCUT2D eigenvalue weighted by Gasteiger charge is 2.19. The summed E-state index contributed by atoms with van der Waals surface area (Å²) >= 11 is 0. The van der Waals surface area contributed by atoms with Gasteiger partial charge in [0.2, 0.25) is 0 Å². The zero-order chi connectivity index (χ0) is 57.8. The second kappa shape index (κ2) is 67.1. The summed E-state index contributed by atoms with van der Waals surface area (Å²) in [6.45, 7) is 6.49. The Morgan fingerprint density at radius 1 is 0.263 bits per heavy atom. The fourth-order valence-corrected chi connectivity index (χ4v) is 8.94. The largest absolute Gasteiger partial charge is 0.462 e. The maximum Gasteiger partial charge on any atom is 0.306 e. The Labute approximate surface area is 494 Å². The van der Waals surface area contributed by atoms with Crippen molar-refractivity contribution in [3.63, 3.8) is 0 Å². The van der Waals surface area contributed by atoms with E-state index >= 15 is 0 Å². The Morgan fingerprint density at radius 3 is 0.800 bits per heavy atom. The number of allylic oxidation sites excluding steroid dienone is 22. The number of unbranched alkanes of at least 4 members (excludes halogenated alkanes) is 26. The second-order valence-corrected chi connectivity index (χ2v) is 21.6. The molecule has 0 aromatic carbocycles. The Hall–Kier alpha value is -4.45. The van der Waals surface area contributed by atoms with Gasteiger partial charge in [0.05, 0.1) is 0 Å². The SMILES string of the molecule is CC/C=C\C/C=C\C/C=C\C/C=C\C/C=C\C/C=C\C/C=C\C/C=C\C/C=C\C/C=C\CCCCCCC(=O)OCC(COC(=O)CCCCCCC/C=C\CCCCC)OC(=O)CCCCCCCCCCCCCCCCC. The number of hydrogen-bond donors (Lipinski definition) is 0. The molecule has 0 saturated carbocycles. The van der Waals surface area contributed by atoms with Crippen LogP contribution >= 0.6 is 0 Å². The molecule has 0 fully saturated rings. The zero-order valence-corrected chi connectivity index (χ0v) is 52.0. The minimum absolute atomic E-state index is 0.0905. The van der Waals surface area contributed by atoms with Crippen molar-refractivity contribution in [3.05, 3.63) is 134 Å². The minimum atomic E-state index is -0.794. The van der Waals surface area contributed by atoms with Gasteiger partial charge in [-0.15, -0.1) is 0 Å². The molecule has 0 aliphatic heterocycles. The molecule has 1 unspecified atom stereocenters. The topological polar surface area (TPSA) is 78.9 Å². The number of rotatable bonds is 59. The molecule has 0 amide bonds. The number of carbonyl (C=O) groups excluding carboxylic acids is 3. The first-order valence-corrected chi connectivity index (χ1v) is 33.2. The van der Waals surface area contributed by atoms with Crippen LogP contribution in [-0.4, -0.2) is 37.2 Å². The summed E-state index contributed by atoms with van der Waals surface area (Å²) < 4.78 is 16.9. The van der Waals surface area contributed by atoms with Crippen molar-refractivity contribution in [1.29, 1.82) is 0 Å². The van der Waals surface area contributed by atoms with Gasteiger partial charge >= 0.3 is 17.9 Å². The van der Waals surface area contributed by atoms with Crippen LogP contribution in [0.1, 0.15) is 297 Å². The summed E-state index contributed by atoms with van der Waals surface area (Å²) in [5.41, 5.74) is 0. The highest BCUT2D eigenvalue weighted by Crippen LogP contribution is 2.16. The molecular formula is C74H122O6. The maximum absolute atomic E-state index is 12.9. The predicted molar refractivity (Wildman–Crippen MR) is 348 cm³/mol. The normalized spacial score (nSPS) is 13.0. The number of ether oxygens (including phenoxy) is 3. The van der Waals surface area contributed by atoms with Crippen molar-refractivity contribution in [2.75, 3.05) is 13.2 Å². The Balaban J connectivity index is 4.29. The van der Waals surface area contributed by atoms with Gasteiger partial charge in [0.15, 0.2) is 6.10 Å². The van der Waals surface area contributed by atoms with Gasteiger partial charge in [0.25, 0.3) is 0 Å². The van der Waals surface area contributed by atoms with Gasteiger partial charge in [-0.05, 0) is 122 Å². The van der Waals surface area contributed by atoms with E-state index in [1.807, 2.05) is 0 Å². The zero-order valence-electron chi connectivity index (χ0n) is 52.0. The third-order valence-corrected chi connectivity index (χ3v) is 13.9. The van der Waals surface area contributed by atoms with E-state index in [4.69, 9.17) is 14.2 Å². The minimum Gasteiger partial charge on any atom is -0.462 e. The van der Waals surface area contributed by atoms with Crippen molar-refractivity contribution in [2.24, 2.45) is 0 Å². The summed E-state index contributed by atoms with van der Waals surface area (Å²) in [6.07, 6.45) is 94.7.